The van der Waals surface area contributed by atoms with E-state index in [1.807, 2.05) is 0 Å². The second kappa shape index (κ2) is 30.9. The van der Waals surface area contributed by atoms with E-state index in [1.165, 1.54) is 167 Å². The molecular formula is C34H69NO. The number of ketones is 1. The summed E-state index contributed by atoms with van der Waals surface area (Å²) in [6.45, 7) is 10.7. The fraction of sp³-hybridized carbons (Fsp3) is 0.971. The van der Waals surface area contributed by atoms with Crippen LogP contribution in [0.5, 0.6) is 0 Å². The molecule has 0 bridgehead atoms. The average Bonchev–Trinajstić information content (AvgIpc) is 2.88. The van der Waals surface area contributed by atoms with E-state index in [9.17, 15) is 4.79 Å². The summed E-state index contributed by atoms with van der Waals surface area (Å²) in [4.78, 5) is 14.7. The number of hydrogen-bond acceptors (Lipinski definition) is 2. The number of rotatable bonds is 31. The third-order valence-electron chi connectivity index (χ3n) is 7.89. The average molecular weight is 508 g/mol. The molecule has 216 valence electrons. The zero-order chi connectivity index (χ0) is 26.4. The van der Waals surface area contributed by atoms with E-state index >= 15 is 0 Å². The predicted octanol–water partition coefficient (Wildman–Crippen LogP) is 11.4. The van der Waals surface area contributed by atoms with Crippen LogP contribution in [0.1, 0.15) is 194 Å². The Bertz CT molecular complexity index is 421. The number of carbonyl (C=O) groups is 1. The Morgan fingerprint density at radius 2 is 0.639 bits per heavy atom. The third kappa shape index (κ3) is 28.2. The van der Waals surface area contributed by atoms with Crippen molar-refractivity contribution in [3.8, 4) is 0 Å². The lowest BCUT2D eigenvalue weighted by atomic mass is 10.0. The van der Waals surface area contributed by atoms with Crippen LogP contribution in [-0.2, 0) is 4.79 Å². The largest absolute Gasteiger partial charge is 0.303 e. The van der Waals surface area contributed by atoms with Crippen LogP contribution in [0, 0.1) is 0 Å². The van der Waals surface area contributed by atoms with Gasteiger partial charge < -0.3 is 4.90 Å². The number of unbranched alkanes of at least 4 members (excludes halogenated alkanes) is 21. The summed E-state index contributed by atoms with van der Waals surface area (Å²) in [5, 5.41) is 0. The number of nitrogens with zero attached hydrogens (tertiary/aromatic N) is 1. The first-order valence-electron chi connectivity index (χ1n) is 17.0. The maximum Gasteiger partial charge on any atom is 0.132 e. The van der Waals surface area contributed by atoms with E-state index in [1.54, 1.807) is 0 Å². The second-order valence-electron chi connectivity index (χ2n) is 11.7. The summed E-state index contributed by atoms with van der Waals surface area (Å²) in [6, 6.07) is 0. The van der Waals surface area contributed by atoms with Gasteiger partial charge in [-0.2, -0.15) is 0 Å². The monoisotopic (exact) mass is 508 g/mol. The summed E-state index contributed by atoms with van der Waals surface area (Å²) in [5.74, 6) is 0.505. The zero-order valence-corrected chi connectivity index (χ0v) is 25.6. The predicted molar refractivity (Wildman–Crippen MR) is 163 cm³/mol. The first-order valence-corrected chi connectivity index (χ1v) is 17.0. The molecule has 2 nitrogen and oxygen atoms in total. The highest BCUT2D eigenvalue weighted by molar-refractivity contribution is 5.78. The minimum atomic E-state index is 0.505. The normalized spacial score (nSPS) is 11.6. The van der Waals surface area contributed by atoms with Crippen LogP contribution in [-0.4, -0.2) is 30.3 Å². The van der Waals surface area contributed by atoms with Crippen LogP contribution in [0.2, 0.25) is 0 Å². The molecule has 0 saturated heterocycles. The minimum Gasteiger partial charge on any atom is -0.303 e. The topological polar surface area (TPSA) is 20.3 Å². The Hall–Kier alpha value is -0.370. The molecule has 0 spiro atoms. The van der Waals surface area contributed by atoms with Crippen molar-refractivity contribution in [2.45, 2.75) is 194 Å². The molecule has 0 fully saturated rings. The number of carbonyl (C=O) groups excluding carboxylic acids is 1. The van der Waals surface area contributed by atoms with Gasteiger partial charge in [0.2, 0.25) is 0 Å². The number of Topliss-reactive ketones (excluding diaryl/α,β-unsaturated/α-hetero) is 1. The number of hydrogen-bond donors (Lipinski definition) is 0. The standard InChI is InChI=1S/C34H69NO/c1-4-7-10-12-13-14-15-16-17-18-19-20-23-27-32-35(31-9-6-3)33-28-24-21-22-26-30-34(36)29-25-11-8-5-2/h4-33H2,1-3H3. The molecule has 0 rings (SSSR count). The first-order chi connectivity index (χ1) is 17.7. The van der Waals surface area contributed by atoms with Gasteiger partial charge in [-0.05, 0) is 51.7 Å². The lowest BCUT2D eigenvalue weighted by Gasteiger charge is -2.22. The minimum absolute atomic E-state index is 0.505. The summed E-state index contributed by atoms with van der Waals surface area (Å²) in [6.07, 6.45) is 35.7. The third-order valence-corrected chi connectivity index (χ3v) is 7.89. The quantitative estimate of drug-likeness (QED) is 0.0869. The van der Waals surface area contributed by atoms with E-state index < -0.39 is 0 Å². The van der Waals surface area contributed by atoms with Gasteiger partial charge in [-0.3, -0.25) is 4.79 Å². The lowest BCUT2D eigenvalue weighted by Crippen LogP contribution is -2.27. The van der Waals surface area contributed by atoms with Gasteiger partial charge in [0.25, 0.3) is 0 Å². The van der Waals surface area contributed by atoms with Crippen LogP contribution < -0.4 is 0 Å². The summed E-state index contributed by atoms with van der Waals surface area (Å²) < 4.78 is 0. The Morgan fingerprint density at radius 1 is 0.361 bits per heavy atom. The smallest absolute Gasteiger partial charge is 0.132 e. The second-order valence-corrected chi connectivity index (χ2v) is 11.7. The van der Waals surface area contributed by atoms with Gasteiger partial charge in [0, 0.05) is 12.8 Å². The Morgan fingerprint density at radius 3 is 1.03 bits per heavy atom. The molecule has 36 heavy (non-hydrogen) atoms. The van der Waals surface area contributed by atoms with Gasteiger partial charge in [-0.15, -0.1) is 0 Å². The van der Waals surface area contributed by atoms with E-state index in [2.05, 4.69) is 25.7 Å². The SMILES string of the molecule is CCCCCCCCCCCCCCCCN(CCCC)CCCCCCCC(=O)CCCCCC. The molecule has 0 radical (unpaired) electrons. The van der Waals surface area contributed by atoms with Crippen molar-refractivity contribution in [1.29, 1.82) is 0 Å². The summed E-state index contributed by atoms with van der Waals surface area (Å²) in [7, 11) is 0. The molecule has 0 N–H and O–H groups in total. The molecule has 0 amide bonds. The Balaban J connectivity index is 3.56. The fourth-order valence-electron chi connectivity index (χ4n) is 5.31. The molecule has 0 aliphatic carbocycles. The molecule has 2 heteroatoms. The molecule has 0 heterocycles. The van der Waals surface area contributed by atoms with Crippen LogP contribution in [0.4, 0.5) is 0 Å². The molecule has 0 saturated carbocycles. The van der Waals surface area contributed by atoms with Crippen molar-refractivity contribution >= 4 is 5.78 Å². The molecule has 0 aromatic heterocycles. The lowest BCUT2D eigenvalue weighted by molar-refractivity contribution is -0.119. The first kappa shape index (κ1) is 35.6. The van der Waals surface area contributed by atoms with Gasteiger partial charge in [-0.25, -0.2) is 0 Å². The van der Waals surface area contributed by atoms with Crippen molar-refractivity contribution in [2.24, 2.45) is 0 Å². The summed E-state index contributed by atoms with van der Waals surface area (Å²) >= 11 is 0. The highest BCUT2D eigenvalue weighted by atomic mass is 16.1. The molecule has 0 unspecified atom stereocenters. The zero-order valence-electron chi connectivity index (χ0n) is 25.6. The molecule has 0 aromatic rings. The highest BCUT2D eigenvalue weighted by Crippen LogP contribution is 2.14. The van der Waals surface area contributed by atoms with E-state index in [0.717, 1.165) is 25.7 Å². The van der Waals surface area contributed by atoms with E-state index in [-0.39, 0.29) is 0 Å². The Labute approximate surface area is 229 Å². The van der Waals surface area contributed by atoms with Crippen molar-refractivity contribution < 1.29 is 4.79 Å². The Kier molecular flexibility index (Phi) is 30.5. The van der Waals surface area contributed by atoms with E-state index in [4.69, 9.17) is 0 Å². The van der Waals surface area contributed by atoms with Crippen molar-refractivity contribution in [1.82, 2.24) is 4.90 Å². The molecular weight excluding hydrogens is 438 g/mol. The van der Waals surface area contributed by atoms with Crippen molar-refractivity contribution in [3.63, 3.8) is 0 Å². The van der Waals surface area contributed by atoms with Crippen LogP contribution in [0.3, 0.4) is 0 Å². The van der Waals surface area contributed by atoms with Crippen molar-refractivity contribution in [2.75, 3.05) is 19.6 Å². The van der Waals surface area contributed by atoms with Crippen LogP contribution in [0.25, 0.3) is 0 Å². The van der Waals surface area contributed by atoms with Crippen molar-refractivity contribution in [3.05, 3.63) is 0 Å². The molecule has 0 aromatic carbocycles. The van der Waals surface area contributed by atoms with Crippen LogP contribution in [0.15, 0.2) is 0 Å². The highest BCUT2D eigenvalue weighted by Gasteiger charge is 2.05. The van der Waals surface area contributed by atoms with Gasteiger partial charge >= 0.3 is 0 Å². The summed E-state index contributed by atoms with van der Waals surface area (Å²) in [5.41, 5.74) is 0. The van der Waals surface area contributed by atoms with Crippen LogP contribution >= 0.6 is 0 Å². The molecule has 0 aliphatic heterocycles. The van der Waals surface area contributed by atoms with E-state index in [0.29, 0.717) is 5.78 Å². The van der Waals surface area contributed by atoms with Gasteiger partial charge in [0.15, 0.2) is 0 Å². The maximum absolute atomic E-state index is 12.0. The fourth-order valence-corrected chi connectivity index (χ4v) is 5.31. The molecule has 0 atom stereocenters. The van der Waals surface area contributed by atoms with Gasteiger partial charge in [-0.1, -0.05) is 149 Å². The van der Waals surface area contributed by atoms with Gasteiger partial charge in [0.1, 0.15) is 5.78 Å². The molecule has 0 aliphatic rings. The maximum atomic E-state index is 12.0. The van der Waals surface area contributed by atoms with Gasteiger partial charge in [0.05, 0.1) is 0 Å².